The molecule has 1 N–H and O–H groups in total. The number of aliphatic hydroxyl groups is 1. The summed E-state index contributed by atoms with van der Waals surface area (Å²) >= 11 is 3.57. The minimum absolute atomic E-state index is 0.250. The summed E-state index contributed by atoms with van der Waals surface area (Å²) < 4.78 is 1.19. The molecule has 1 aromatic rings. The van der Waals surface area contributed by atoms with Crippen LogP contribution in [0.1, 0.15) is 11.1 Å². The van der Waals surface area contributed by atoms with E-state index in [2.05, 4.69) is 39.0 Å². The molecule has 0 aliphatic carbocycles. The number of halogens is 1. The highest BCUT2D eigenvalue weighted by molar-refractivity contribution is 9.10. The van der Waals surface area contributed by atoms with E-state index >= 15 is 0 Å². The lowest BCUT2D eigenvalue weighted by molar-refractivity contribution is 0.184. The smallest absolute Gasteiger partial charge is 0.0558 e. The molecule has 3 heteroatoms. The van der Waals surface area contributed by atoms with E-state index in [-0.39, 0.29) is 6.61 Å². The van der Waals surface area contributed by atoms with E-state index in [9.17, 15) is 0 Å². The van der Waals surface area contributed by atoms with Crippen molar-refractivity contribution in [2.75, 3.05) is 19.7 Å². The van der Waals surface area contributed by atoms with Gasteiger partial charge in [0.2, 0.25) is 0 Å². The van der Waals surface area contributed by atoms with Crippen LogP contribution in [0, 0.1) is 0 Å². The quantitative estimate of drug-likeness (QED) is 0.872. The molecule has 1 aromatic carbocycles. The van der Waals surface area contributed by atoms with Gasteiger partial charge in [0.15, 0.2) is 0 Å². The molecular formula is C11H14BrNO. The predicted octanol–water partition coefficient (Wildman–Crippen LogP) is 1.80. The molecule has 0 amide bonds. The van der Waals surface area contributed by atoms with Crippen molar-refractivity contribution in [2.45, 2.75) is 13.0 Å². The summed E-state index contributed by atoms with van der Waals surface area (Å²) in [6.45, 7) is 3.04. The van der Waals surface area contributed by atoms with Gasteiger partial charge >= 0.3 is 0 Å². The van der Waals surface area contributed by atoms with Crippen LogP contribution in [0.2, 0.25) is 0 Å². The van der Waals surface area contributed by atoms with Gasteiger partial charge in [-0.25, -0.2) is 0 Å². The first kappa shape index (κ1) is 10.1. The van der Waals surface area contributed by atoms with Crippen LogP contribution in [-0.4, -0.2) is 29.7 Å². The standard InChI is InChI=1S/C11H14BrNO/c12-11-3-1-2-9-4-5-13(6-7-14)8-10(9)11/h1-3,14H,4-8H2. The van der Waals surface area contributed by atoms with Crippen LogP contribution in [0.5, 0.6) is 0 Å². The van der Waals surface area contributed by atoms with Gasteiger partial charge in [0.1, 0.15) is 0 Å². The summed E-state index contributed by atoms with van der Waals surface area (Å²) in [6, 6.07) is 6.36. The van der Waals surface area contributed by atoms with E-state index in [0.717, 1.165) is 26.1 Å². The molecule has 0 fully saturated rings. The lowest BCUT2D eigenvalue weighted by Gasteiger charge is -2.28. The van der Waals surface area contributed by atoms with Gasteiger partial charge in [0.25, 0.3) is 0 Å². The predicted molar refractivity (Wildman–Crippen MR) is 60.2 cm³/mol. The van der Waals surface area contributed by atoms with Gasteiger partial charge in [-0.1, -0.05) is 28.1 Å². The molecule has 1 heterocycles. The van der Waals surface area contributed by atoms with Crippen molar-refractivity contribution in [1.29, 1.82) is 0 Å². The second kappa shape index (κ2) is 4.43. The summed E-state index contributed by atoms with van der Waals surface area (Å²) in [5.74, 6) is 0. The maximum atomic E-state index is 8.88. The summed E-state index contributed by atoms with van der Waals surface area (Å²) in [4.78, 5) is 2.28. The Morgan fingerprint density at radius 1 is 1.43 bits per heavy atom. The molecule has 0 saturated carbocycles. The molecule has 1 aliphatic rings. The molecule has 2 nitrogen and oxygen atoms in total. The van der Waals surface area contributed by atoms with E-state index in [1.807, 2.05) is 0 Å². The van der Waals surface area contributed by atoms with Crippen molar-refractivity contribution in [2.24, 2.45) is 0 Å². The summed E-state index contributed by atoms with van der Waals surface area (Å²) in [7, 11) is 0. The van der Waals surface area contributed by atoms with Gasteiger partial charge in [0, 0.05) is 24.1 Å². The number of aliphatic hydroxyl groups excluding tert-OH is 1. The fraction of sp³-hybridized carbons (Fsp3) is 0.455. The molecule has 76 valence electrons. The zero-order valence-corrected chi connectivity index (χ0v) is 9.63. The van der Waals surface area contributed by atoms with Crippen molar-refractivity contribution < 1.29 is 5.11 Å². The van der Waals surface area contributed by atoms with Crippen LogP contribution in [0.15, 0.2) is 22.7 Å². The Bertz CT molecular complexity index is 327. The van der Waals surface area contributed by atoms with Gasteiger partial charge in [-0.05, 0) is 23.6 Å². The number of hydrogen-bond donors (Lipinski definition) is 1. The lowest BCUT2D eigenvalue weighted by Crippen LogP contribution is -2.32. The van der Waals surface area contributed by atoms with Gasteiger partial charge in [0.05, 0.1) is 6.61 Å². The van der Waals surface area contributed by atoms with Crippen molar-refractivity contribution in [3.05, 3.63) is 33.8 Å². The van der Waals surface area contributed by atoms with E-state index < -0.39 is 0 Å². The van der Waals surface area contributed by atoms with Gasteiger partial charge in [-0.2, -0.15) is 0 Å². The van der Waals surface area contributed by atoms with Crippen LogP contribution in [0.25, 0.3) is 0 Å². The molecule has 0 spiro atoms. The second-order valence-corrected chi connectivity index (χ2v) is 4.48. The molecule has 14 heavy (non-hydrogen) atoms. The third-order valence-corrected chi connectivity index (χ3v) is 3.45. The molecule has 0 aromatic heterocycles. The Morgan fingerprint density at radius 3 is 3.07 bits per heavy atom. The average Bonchev–Trinajstić information content (AvgIpc) is 2.20. The van der Waals surface area contributed by atoms with Crippen LogP contribution in [-0.2, 0) is 13.0 Å². The van der Waals surface area contributed by atoms with Crippen molar-refractivity contribution >= 4 is 15.9 Å². The maximum absolute atomic E-state index is 8.88. The summed E-state index contributed by atoms with van der Waals surface area (Å²) in [5.41, 5.74) is 2.82. The Kier molecular flexibility index (Phi) is 3.21. The molecule has 2 rings (SSSR count). The second-order valence-electron chi connectivity index (χ2n) is 3.63. The molecule has 0 unspecified atom stereocenters. The molecular weight excluding hydrogens is 242 g/mol. The molecule has 0 radical (unpaired) electrons. The van der Waals surface area contributed by atoms with Crippen molar-refractivity contribution in [3.63, 3.8) is 0 Å². The topological polar surface area (TPSA) is 23.5 Å². The molecule has 1 aliphatic heterocycles. The highest BCUT2D eigenvalue weighted by atomic mass is 79.9. The summed E-state index contributed by atoms with van der Waals surface area (Å²) in [6.07, 6.45) is 1.09. The minimum Gasteiger partial charge on any atom is -0.395 e. The zero-order chi connectivity index (χ0) is 9.97. The third kappa shape index (κ3) is 2.00. The Hall–Kier alpha value is -0.380. The van der Waals surface area contributed by atoms with E-state index in [1.165, 1.54) is 15.6 Å². The lowest BCUT2D eigenvalue weighted by atomic mass is 10.00. The fourth-order valence-corrected chi connectivity index (χ4v) is 2.46. The summed E-state index contributed by atoms with van der Waals surface area (Å²) in [5, 5.41) is 8.88. The number of benzene rings is 1. The highest BCUT2D eigenvalue weighted by Gasteiger charge is 2.16. The van der Waals surface area contributed by atoms with E-state index in [0.29, 0.717) is 0 Å². The van der Waals surface area contributed by atoms with E-state index in [1.54, 1.807) is 0 Å². The molecule has 0 saturated heterocycles. The number of hydrogen-bond acceptors (Lipinski definition) is 2. The highest BCUT2D eigenvalue weighted by Crippen LogP contribution is 2.26. The van der Waals surface area contributed by atoms with Gasteiger partial charge in [-0.15, -0.1) is 0 Å². The van der Waals surface area contributed by atoms with Crippen LogP contribution < -0.4 is 0 Å². The fourth-order valence-electron chi connectivity index (χ4n) is 1.93. The number of β-amino-alcohol motifs (C(OH)–C–C–N with tert-alkyl or cyclic N) is 1. The number of nitrogens with zero attached hydrogens (tertiary/aromatic N) is 1. The third-order valence-electron chi connectivity index (χ3n) is 2.71. The Balaban J connectivity index is 2.20. The van der Waals surface area contributed by atoms with Crippen LogP contribution >= 0.6 is 15.9 Å². The van der Waals surface area contributed by atoms with Crippen molar-refractivity contribution in [3.8, 4) is 0 Å². The first-order valence-electron chi connectivity index (χ1n) is 4.91. The minimum atomic E-state index is 0.250. The van der Waals surface area contributed by atoms with Gasteiger partial charge < -0.3 is 5.11 Å². The van der Waals surface area contributed by atoms with Gasteiger partial charge in [-0.3, -0.25) is 4.90 Å². The van der Waals surface area contributed by atoms with Crippen molar-refractivity contribution in [1.82, 2.24) is 4.90 Å². The molecule has 0 bridgehead atoms. The number of fused-ring (bicyclic) bond motifs is 1. The maximum Gasteiger partial charge on any atom is 0.0558 e. The van der Waals surface area contributed by atoms with E-state index in [4.69, 9.17) is 5.11 Å². The largest absolute Gasteiger partial charge is 0.395 e. The molecule has 0 atom stereocenters. The van der Waals surface area contributed by atoms with Crippen LogP contribution in [0.4, 0.5) is 0 Å². The Morgan fingerprint density at radius 2 is 2.29 bits per heavy atom. The normalized spacial score (nSPS) is 16.7. The first-order valence-corrected chi connectivity index (χ1v) is 5.70. The SMILES string of the molecule is OCCN1CCc2cccc(Br)c2C1. The number of rotatable bonds is 2. The Labute approximate surface area is 92.7 Å². The monoisotopic (exact) mass is 255 g/mol. The first-order chi connectivity index (χ1) is 6.81. The van der Waals surface area contributed by atoms with Crippen LogP contribution in [0.3, 0.4) is 0 Å². The average molecular weight is 256 g/mol. The zero-order valence-electron chi connectivity index (χ0n) is 8.04.